The average molecular weight is 477 g/mol. The summed E-state index contributed by atoms with van der Waals surface area (Å²) in [4.78, 5) is 36.3. The van der Waals surface area contributed by atoms with Crippen LogP contribution < -0.4 is 14.8 Å². The van der Waals surface area contributed by atoms with Crippen LogP contribution in [0.4, 0.5) is 5.69 Å². The highest BCUT2D eigenvalue weighted by Crippen LogP contribution is 2.16. The standard InChI is InChI=1S/C23H28N2O7S/c1-15(2)13-22(27)24-18-7-5-17(6-8-18)21(26)14-32-23(28)16(3)25-33(29,30)20-11-9-19(31-4)10-12-20/h5-12,15-16,25H,13-14H2,1-4H3,(H,24,27). The molecule has 178 valence electrons. The van der Waals surface area contributed by atoms with Crippen molar-refractivity contribution in [2.24, 2.45) is 5.92 Å². The van der Waals surface area contributed by atoms with Gasteiger partial charge in [0, 0.05) is 17.7 Å². The number of ketones is 1. The molecule has 0 aliphatic rings. The fourth-order valence-electron chi connectivity index (χ4n) is 2.77. The number of benzene rings is 2. The third kappa shape index (κ3) is 7.99. The normalized spacial score (nSPS) is 12.2. The van der Waals surface area contributed by atoms with E-state index >= 15 is 0 Å². The first-order valence-corrected chi connectivity index (χ1v) is 11.8. The topological polar surface area (TPSA) is 128 Å². The monoisotopic (exact) mass is 476 g/mol. The second-order valence-corrected chi connectivity index (χ2v) is 9.49. The van der Waals surface area contributed by atoms with Gasteiger partial charge in [-0.25, -0.2) is 8.42 Å². The lowest BCUT2D eigenvalue weighted by molar-refractivity contribution is -0.144. The van der Waals surface area contributed by atoms with Gasteiger partial charge in [-0.05, 0) is 61.4 Å². The smallest absolute Gasteiger partial charge is 0.324 e. The van der Waals surface area contributed by atoms with Gasteiger partial charge in [-0.1, -0.05) is 13.8 Å². The minimum atomic E-state index is -3.97. The maximum absolute atomic E-state index is 12.4. The van der Waals surface area contributed by atoms with Crippen LogP contribution in [0.25, 0.3) is 0 Å². The Morgan fingerprint density at radius 1 is 0.939 bits per heavy atom. The summed E-state index contributed by atoms with van der Waals surface area (Å²) in [7, 11) is -2.51. The molecule has 2 N–H and O–H groups in total. The Bertz CT molecular complexity index is 1080. The number of ether oxygens (including phenoxy) is 2. The molecule has 2 aromatic rings. The molecule has 0 aliphatic heterocycles. The Labute approximate surface area is 193 Å². The second-order valence-electron chi connectivity index (χ2n) is 7.77. The summed E-state index contributed by atoms with van der Waals surface area (Å²) in [6.07, 6.45) is 0.386. The van der Waals surface area contributed by atoms with Crippen molar-refractivity contribution < 1.29 is 32.3 Å². The van der Waals surface area contributed by atoms with Crippen molar-refractivity contribution in [3.63, 3.8) is 0 Å². The number of Topliss-reactive ketones (excluding diaryl/α,β-unsaturated/α-hetero) is 1. The molecule has 9 nitrogen and oxygen atoms in total. The number of rotatable bonds is 11. The van der Waals surface area contributed by atoms with Crippen LogP contribution in [0.3, 0.4) is 0 Å². The Hall–Kier alpha value is -3.24. The van der Waals surface area contributed by atoms with E-state index < -0.39 is 34.4 Å². The van der Waals surface area contributed by atoms with E-state index in [4.69, 9.17) is 9.47 Å². The van der Waals surface area contributed by atoms with Gasteiger partial charge in [0.2, 0.25) is 15.9 Å². The van der Waals surface area contributed by atoms with Crippen LogP contribution in [0.15, 0.2) is 53.4 Å². The zero-order valence-corrected chi connectivity index (χ0v) is 19.8. The molecule has 33 heavy (non-hydrogen) atoms. The summed E-state index contributed by atoms with van der Waals surface area (Å²) in [5.41, 5.74) is 0.840. The summed E-state index contributed by atoms with van der Waals surface area (Å²) in [6.45, 7) is 4.65. The van der Waals surface area contributed by atoms with Gasteiger partial charge in [-0.3, -0.25) is 14.4 Å². The quantitative estimate of drug-likeness (QED) is 0.377. The third-order valence-corrected chi connectivity index (χ3v) is 6.04. The number of hydrogen-bond donors (Lipinski definition) is 2. The fraction of sp³-hybridized carbons (Fsp3) is 0.348. The maximum Gasteiger partial charge on any atom is 0.324 e. The molecule has 1 amide bonds. The minimum Gasteiger partial charge on any atom is -0.497 e. The number of sulfonamides is 1. The molecule has 0 radical (unpaired) electrons. The Morgan fingerprint density at radius 2 is 1.55 bits per heavy atom. The van der Waals surface area contributed by atoms with Gasteiger partial charge in [0.1, 0.15) is 11.8 Å². The Balaban J connectivity index is 1.88. The first kappa shape index (κ1) is 26.0. The minimum absolute atomic E-state index is 0.0420. The largest absolute Gasteiger partial charge is 0.497 e. The predicted molar refractivity (Wildman–Crippen MR) is 123 cm³/mol. The summed E-state index contributed by atoms with van der Waals surface area (Å²) in [6, 6.07) is 10.6. The fourth-order valence-corrected chi connectivity index (χ4v) is 3.96. The zero-order valence-electron chi connectivity index (χ0n) is 19.0. The summed E-state index contributed by atoms with van der Waals surface area (Å²) in [5.74, 6) is -0.759. The Kier molecular flexibility index (Phi) is 9.12. The predicted octanol–water partition coefficient (Wildman–Crippen LogP) is 2.77. The van der Waals surface area contributed by atoms with E-state index in [0.29, 0.717) is 17.9 Å². The second kappa shape index (κ2) is 11.6. The molecule has 10 heteroatoms. The number of carbonyl (C=O) groups excluding carboxylic acids is 3. The van der Waals surface area contributed by atoms with Gasteiger partial charge < -0.3 is 14.8 Å². The molecule has 0 saturated heterocycles. The Morgan fingerprint density at radius 3 is 2.09 bits per heavy atom. The lowest BCUT2D eigenvalue weighted by Gasteiger charge is -2.14. The molecule has 0 bridgehead atoms. The van der Waals surface area contributed by atoms with Crippen molar-refractivity contribution in [2.45, 2.75) is 38.1 Å². The molecule has 0 aliphatic carbocycles. The van der Waals surface area contributed by atoms with Crippen LogP contribution >= 0.6 is 0 Å². The van der Waals surface area contributed by atoms with Crippen LogP contribution in [0.1, 0.15) is 37.6 Å². The van der Waals surface area contributed by atoms with E-state index in [1.807, 2.05) is 13.8 Å². The molecule has 1 unspecified atom stereocenters. The molecule has 1 atom stereocenters. The molecule has 0 heterocycles. The van der Waals surface area contributed by atoms with E-state index in [-0.39, 0.29) is 22.3 Å². The van der Waals surface area contributed by atoms with Crippen LogP contribution in [-0.4, -0.2) is 45.8 Å². The number of nitrogens with one attached hydrogen (secondary N) is 2. The highest BCUT2D eigenvalue weighted by molar-refractivity contribution is 7.89. The highest BCUT2D eigenvalue weighted by atomic mass is 32.2. The molecule has 0 spiro atoms. The van der Waals surface area contributed by atoms with Crippen LogP contribution in [0.2, 0.25) is 0 Å². The van der Waals surface area contributed by atoms with E-state index in [1.54, 1.807) is 12.1 Å². The van der Waals surface area contributed by atoms with Crippen molar-refractivity contribution >= 4 is 33.4 Å². The molecular weight excluding hydrogens is 448 g/mol. The third-order valence-electron chi connectivity index (χ3n) is 4.49. The van der Waals surface area contributed by atoms with Gasteiger partial charge in [0.15, 0.2) is 12.4 Å². The highest BCUT2D eigenvalue weighted by Gasteiger charge is 2.24. The van der Waals surface area contributed by atoms with Crippen molar-refractivity contribution in [1.82, 2.24) is 4.72 Å². The first-order chi connectivity index (χ1) is 15.5. The number of amides is 1. The number of methoxy groups -OCH3 is 1. The SMILES string of the molecule is COc1ccc(S(=O)(=O)NC(C)C(=O)OCC(=O)c2ccc(NC(=O)CC(C)C)cc2)cc1. The molecule has 0 fully saturated rings. The summed E-state index contributed by atoms with van der Waals surface area (Å²) >= 11 is 0. The summed E-state index contributed by atoms with van der Waals surface area (Å²) < 4.78 is 37.0. The zero-order chi connectivity index (χ0) is 24.6. The maximum atomic E-state index is 12.4. The molecular formula is C23H28N2O7S. The van der Waals surface area contributed by atoms with Crippen molar-refractivity contribution in [1.29, 1.82) is 0 Å². The number of carbonyl (C=O) groups is 3. The lowest BCUT2D eigenvalue weighted by atomic mass is 10.1. The van der Waals surface area contributed by atoms with Gasteiger partial charge in [0.05, 0.1) is 12.0 Å². The van der Waals surface area contributed by atoms with E-state index in [0.717, 1.165) is 0 Å². The molecule has 0 aromatic heterocycles. The summed E-state index contributed by atoms with van der Waals surface area (Å²) in [5, 5.41) is 2.74. The first-order valence-electron chi connectivity index (χ1n) is 10.3. The number of hydrogen-bond acceptors (Lipinski definition) is 7. The van der Waals surface area contributed by atoms with E-state index in [1.165, 1.54) is 50.4 Å². The molecule has 0 saturated carbocycles. The van der Waals surface area contributed by atoms with Crippen LogP contribution in [-0.2, 0) is 24.3 Å². The average Bonchev–Trinajstić information content (AvgIpc) is 2.76. The van der Waals surface area contributed by atoms with Crippen molar-refractivity contribution in [2.75, 3.05) is 19.0 Å². The van der Waals surface area contributed by atoms with Gasteiger partial charge in [-0.15, -0.1) is 0 Å². The number of anilines is 1. The van der Waals surface area contributed by atoms with Crippen molar-refractivity contribution in [3.8, 4) is 5.75 Å². The van der Waals surface area contributed by atoms with Gasteiger partial charge in [0.25, 0.3) is 0 Å². The van der Waals surface area contributed by atoms with Gasteiger partial charge >= 0.3 is 5.97 Å². The number of esters is 1. The van der Waals surface area contributed by atoms with E-state index in [9.17, 15) is 22.8 Å². The molecule has 2 rings (SSSR count). The van der Waals surface area contributed by atoms with Crippen LogP contribution in [0, 0.1) is 5.92 Å². The van der Waals surface area contributed by atoms with Gasteiger partial charge in [-0.2, -0.15) is 4.72 Å². The lowest BCUT2D eigenvalue weighted by Crippen LogP contribution is -2.40. The van der Waals surface area contributed by atoms with Crippen LogP contribution in [0.5, 0.6) is 5.75 Å². The van der Waals surface area contributed by atoms with E-state index in [2.05, 4.69) is 10.0 Å². The van der Waals surface area contributed by atoms with Crippen molar-refractivity contribution in [3.05, 3.63) is 54.1 Å². The molecule has 2 aromatic carbocycles.